The number of aliphatic imine (C=N–C) groups is 1. The summed E-state index contributed by atoms with van der Waals surface area (Å²) in [6.07, 6.45) is 0. The highest BCUT2D eigenvalue weighted by Crippen LogP contribution is 2.23. The molecule has 0 saturated carbocycles. The Morgan fingerprint density at radius 2 is 1.85 bits per heavy atom. The first-order valence-electron chi connectivity index (χ1n) is 8.63. The van der Waals surface area contributed by atoms with Crippen LogP contribution in [0.3, 0.4) is 0 Å². The number of nitrogens with zero attached hydrogens (tertiary/aromatic N) is 4. The molecule has 1 aliphatic heterocycles. The largest absolute Gasteiger partial charge is 0.360 e. The molecule has 0 aromatic carbocycles. The molecule has 1 saturated heterocycles. The monoisotopic (exact) mass is 505 g/mol. The molecule has 0 spiro atoms. The molecule has 144 valence electrons. The van der Waals surface area contributed by atoms with Gasteiger partial charge in [-0.3, -0.25) is 4.99 Å². The highest BCUT2D eigenvalue weighted by atomic mass is 127. The minimum atomic E-state index is 0. The summed E-state index contributed by atoms with van der Waals surface area (Å²) in [6.45, 7) is 4.96. The number of hydrogen-bond acceptors (Lipinski definition) is 5. The molecule has 1 unspecified atom stereocenters. The number of hydrogen-bond donors (Lipinski definition) is 1. The van der Waals surface area contributed by atoms with Crippen molar-refractivity contribution < 1.29 is 0 Å². The van der Waals surface area contributed by atoms with Crippen LogP contribution in [0.1, 0.15) is 10.9 Å². The summed E-state index contributed by atoms with van der Waals surface area (Å²) >= 11 is 3.63. The number of thiophene rings is 2. The lowest BCUT2D eigenvalue weighted by Gasteiger charge is -2.37. The molecule has 0 amide bonds. The summed E-state index contributed by atoms with van der Waals surface area (Å²) < 4.78 is 0. The van der Waals surface area contributed by atoms with E-state index in [4.69, 9.17) is 0 Å². The molecule has 1 aliphatic rings. The van der Waals surface area contributed by atoms with Gasteiger partial charge in [-0.15, -0.1) is 46.7 Å². The van der Waals surface area contributed by atoms with Gasteiger partial charge < -0.3 is 20.0 Å². The van der Waals surface area contributed by atoms with Crippen LogP contribution in [0.4, 0.5) is 5.00 Å². The molecule has 26 heavy (non-hydrogen) atoms. The first-order valence-corrected chi connectivity index (χ1v) is 10.4. The van der Waals surface area contributed by atoms with Crippen molar-refractivity contribution in [2.24, 2.45) is 4.99 Å². The molecular weight excluding hydrogens is 477 g/mol. The lowest BCUT2D eigenvalue weighted by molar-refractivity contribution is 0.296. The van der Waals surface area contributed by atoms with Crippen molar-refractivity contribution in [2.45, 2.75) is 6.04 Å². The molecule has 3 rings (SSSR count). The van der Waals surface area contributed by atoms with Crippen LogP contribution in [-0.4, -0.2) is 69.6 Å². The molecule has 8 heteroatoms. The Labute approximate surface area is 181 Å². The maximum atomic E-state index is 4.51. The van der Waals surface area contributed by atoms with E-state index in [0.717, 1.165) is 38.7 Å². The van der Waals surface area contributed by atoms with E-state index in [0.29, 0.717) is 6.04 Å². The molecule has 0 bridgehead atoms. The highest BCUT2D eigenvalue weighted by Gasteiger charge is 2.22. The lowest BCUT2D eigenvalue weighted by atomic mass is 10.2. The fourth-order valence-corrected chi connectivity index (χ4v) is 4.84. The highest BCUT2D eigenvalue weighted by molar-refractivity contribution is 14.0. The van der Waals surface area contributed by atoms with Crippen LogP contribution >= 0.6 is 46.7 Å². The quantitative estimate of drug-likeness (QED) is 0.384. The van der Waals surface area contributed by atoms with Crippen LogP contribution in [0.2, 0.25) is 0 Å². The smallest absolute Gasteiger partial charge is 0.193 e. The molecule has 0 radical (unpaired) electrons. The third kappa shape index (κ3) is 5.34. The lowest BCUT2D eigenvalue weighted by Crippen LogP contribution is -2.53. The van der Waals surface area contributed by atoms with Crippen LogP contribution in [0.25, 0.3) is 0 Å². The van der Waals surface area contributed by atoms with E-state index in [1.54, 1.807) is 0 Å². The van der Waals surface area contributed by atoms with Crippen molar-refractivity contribution in [3.63, 3.8) is 0 Å². The summed E-state index contributed by atoms with van der Waals surface area (Å²) in [5, 5.41) is 9.24. The van der Waals surface area contributed by atoms with E-state index < -0.39 is 0 Å². The van der Waals surface area contributed by atoms with Gasteiger partial charge in [0.1, 0.15) is 0 Å². The van der Waals surface area contributed by atoms with Crippen LogP contribution < -0.4 is 10.2 Å². The van der Waals surface area contributed by atoms with Gasteiger partial charge in [-0.05, 0) is 43.1 Å². The van der Waals surface area contributed by atoms with E-state index in [1.807, 2.05) is 29.7 Å². The van der Waals surface area contributed by atoms with E-state index in [-0.39, 0.29) is 24.0 Å². The Morgan fingerprint density at radius 3 is 2.38 bits per heavy atom. The fourth-order valence-electron chi connectivity index (χ4n) is 3.13. The van der Waals surface area contributed by atoms with Crippen LogP contribution in [0.15, 0.2) is 40.0 Å². The molecule has 1 N–H and O–H groups in total. The minimum Gasteiger partial charge on any atom is -0.360 e. The molecular formula is C18H28IN5S2. The normalized spacial score (nSPS) is 16.5. The standard InChI is InChI=1S/C18H27N5S2.HI/c1-19-18(20-14-15(21(2)3)16-6-4-12-24-16)23-10-8-22(9-11-23)17-7-5-13-25-17;/h4-7,12-13,15H,8-11,14H2,1-3H3,(H,19,20);1H. The SMILES string of the molecule is CN=C(NCC(c1cccs1)N(C)C)N1CCN(c2cccs2)CC1.I. The predicted octanol–water partition coefficient (Wildman–Crippen LogP) is 3.43. The van der Waals surface area contributed by atoms with Gasteiger partial charge >= 0.3 is 0 Å². The zero-order valence-electron chi connectivity index (χ0n) is 15.6. The molecule has 2 aromatic heterocycles. The average molecular weight is 505 g/mol. The summed E-state index contributed by atoms with van der Waals surface area (Å²) in [4.78, 5) is 13.0. The Kier molecular flexibility index (Phi) is 8.65. The summed E-state index contributed by atoms with van der Waals surface area (Å²) in [7, 11) is 6.15. The van der Waals surface area contributed by atoms with E-state index in [9.17, 15) is 0 Å². The second kappa shape index (κ2) is 10.5. The molecule has 1 fully saturated rings. The number of nitrogens with one attached hydrogen (secondary N) is 1. The van der Waals surface area contributed by atoms with Gasteiger partial charge in [-0.2, -0.15) is 0 Å². The van der Waals surface area contributed by atoms with Crippen LogP contribution in [0, 0.1) is 0 Å². The topological polar surface area (TPSA) is 34.1 Å². The molecule has 0 aliphatic carbocycles. The number of piperazine rings is 1. The third-order valence-electron chi connectivity index (χ3n) is 4.56. The predicted molar refractivity (Wildman–Crippen MR) is 126 cm³/mol. The van der Waals surface area contributed by atoms with E-state index in [2.05, 4.69) is 74.1 Å². The van der Waals surface area contributed by atoms with Crippen LogP contribution in [-0.2, 0) is 0 Å². The van der Waals surface area contributed by atoms with Gasteiger partial charge in [0.2, 0.25) is 0 Å². The van der Waals surface area contributed by atoms with Crippen molar-refractivity contribution in [3.05, 3.63) is 39.9 Å². The summed E-state index contributed by atoms with van der Waals surface area (Å²) in [6, 6.07) is 9.02. The summed E-state index contributed by atoms with van der Waals surface area (Å²) in [5.74, 6) is 1.01. The minimum absolute atomic E-state index is 0. The number of halogens is 1. The Bertz CT molecular complexity index is 649. The number of anilines is 1. The molecule has 3 heterocycles. The Balaban J connectivity index is 0.00000243. The van der Waals surface area contributed by atoms with Crippen molar-refractivity contribution >= 4 is 57.6 Å². The van der Waals surface area contributed by atoms with Crippen molar-refractivity contribution in [1.82, 2.24) is 15.1 Å². The molecule has 1 atom stereocenters. The van der Waals surface area contributed by atoms with Crippen molar-refractivity contribution in [3.8, 4) is 0 Å². The Hall–Kier alpha value is -0.840. The average Bonchev–Trinajstić information content (AvgIpc) is 3.32. The third-order valence-corrected chi connectivity index (χ3v) is 6.46. The fraction of sp³-hybridized carbons (Fsp3) is 0.500. The van der Waals surface area contributed by atoms with Crippen LogP contribution in [0.5, 0.6) is 0 Å². The molecule has 5 nitrogen and oxygen atoms in total. The second-order valence-corrected chi connectivity index (χ2v) is 8.25. The Morgan fingerprint density at radius 1 is 1.15 bits per heavy atom. The van der Waals surface area contributed by atoms with Gasteiger partial charge in [-0.25, -0.2) is 0 Å². The first kappa shape index (κ1) is 21.5. The van der Waals surface area contributed by atoms with Gasteiger partial charge in [-0.1, -0.05) is 6.07 Å². The van der Waals surface area contributed by atoms with Gasteiger partial charge in [0.25, 0.3) is 0 Å². The van der Waals surface area contributed by atoms with Crippen molar-refractivity contribution in [2.75, 3.05) is 58.8 Å². The molecule has 2 aromatic rings. The van der Waals surface area contributed by atoms with Gasteiger partial charge in [0.05, 0.1) is 11.0 Å². The maximum absolute atomic E-state index is 4.51. The zero-order valence-corrected chi connectivity index (χ0v) is 19.6. The number of rotatable bonds is 5. The van der Waals surface area contributed by atoms with E-state index >= 15 is 0 Å². The maximum Gasteiger partial charge on any atom is 0.193 e. The number of likely N-dealkylation sites (N-methyl/N-ethyl adjacent to an activating group) is 1. The van der Waals surface area contributed by atoms with Crippen molar-refractivity contribution in [1.29, 1.82) is 0 Å². The van der Waals surface area contributed by atoms with Gasteiger partial charge in [0, 0.05) is 44.6 Å². The first-order chi connectivity index (χ1) is 12.2. The van der Waals surface area contributed by atoms with Gasteiger partial charge in [0.15, 0.2) is 5.96 Å². The second-order valence-electron chi connectivity index (χ2n) is 6.35. The zero-order chi connectivity index (χ0) is 17.6. The van der Waals surface area contributed by atoms with E-state index in [1.165, 1.54) is 9.88 Å². The number of guanidine groups is 1. The summed E-state index contributed by atoms with van der Waals surface area (Å²) in [5.41, 5.74) is 0.